The molecular formula is C13H17NO4. The predicted molar refractivity (Wildman–Crippen MR) is 67.8 cm³/mol. The summed E-state index contributed by atoms with van der Waals surface area (Å²) in [6.07, 6.45) is 0.637. The first-order valence-electron chi connectivity index (χ1n) is 5.66. The third-order valence-electron chi connectivity index (χ3n) is 3.01. The van der Waals surface area contributed by atoms with Crippen LogP contribution in [0.3, 0.4) is 0 Å². The number of carbonyl (C=O) groups is 2. The Bertz CT molecular complexity index is 480. The molecule has 0 bridgehead atoms. The molecule has 0 aliphatic heterocycles. The minimum absolute atomic E-state index is 0.112. The molecule has 0 aromatic heterocycles. The number of aromatic carboxylic acids is 1. The summed E-state index contributed by atoms with van der Waals surface area (Å²) in [6, 6.07) is 4.21. The van der Waals surface area contributed by atoms with Crippen molar-refractivity contribution in [3.05, 3.63) is 23.8 Å². The smallest absolute Gasteiger partial charge is 0.339 e. The van der Waals surface area contributed by atoms with Gasteiger partial charge in [0.1, 0.15) is 5.56 Å². The highest BCUT2D eigenvalue weighted by molar-refractivity contribution is 5.99. The molecule has 0 heterocycles. The van der Waals surface area contributed by atoms with Gasteiger partial charge in [0.2, 0.25) is 5.91 Å². The number of rotatable bonds is 4. The fraction of sp³-hybridized carbons (Fsp3) is 0.385. The first kappa shape index (κ1) is 14.0. The molecule has 0 aliphatic carbocycles. The summed E-state index contributed by atoms with van der Waals surface area (Å²) < 4.78 is 0. The molecule has 5 nitrogen and oxygen atoms in total. The minimum atomic E-state index is -1.24. The van der Waals surface area contributed by atoms with Crippen molar-refractivity contribution < 1.29 is 19.8 Å². The van der Waals surface area contributed by atoms with Crippen LogP contribution in [0.25, 0.3) is 0 Å². The van der Waals surface area contributed by atoms with Gasteiger partial charge in [0.25, 0.3) is 0 Å². The highest BCUT2D eigenvalue weighted by Gasteiger charge is 2.26. The number of para-hydroxylation sites is 1. The van der Waals surface area contributed by atoms with Gasteiger partial charge in [0.05, 0.1) is 5.69 Å². The number of amides is 1. The van der Waals surface area contributed by atoms with E-state index in [1.54, 1.807) is 13.8 Å². The van der Waals surface area contributed by atoms with Crippen LogP contribution in [0.15, 0.2) is 18.2 Å². The van der Waals surface area contributed by atoms with Crippen LogP contribution in [0, 0.1) is 5.41 Å². The SMILES string of the molecule is CCC(C)(C)C(=O)Nc1cccc(C(=O)O)c1O. The number of carbonyl (C=O) groups excluding carboxylic acids is 1. The summed E-state index contributed by atoms with van der Waals surface area (Å²) in [7, 11) is 0. The zero-order valence-electron chi connectivity index (χ0n) is 10.7. The van der Waals surface area contributed by atoms with E-state index in [-0.39, 0.29) is 17.2 Å². The van der Waals surface area contributed by atoms with Crippen molar-refractivity contribution in [1.29, 1.82) is 0 Å². The van der Waals surface area contributed by atoms with Gasteiger partial charge in [0, 0.05) is 5.41 Å². The maximum Gasteiger partial charge on any atom is 0.339 e. The van der Waals surface area contributed by atoms with Crippen LogP contribution in [0.2, 0.25) is 0 Å². The fourth-order valence-electron chi connectivity index (χ4n) is 1.27. The average Bonchev–Trinajstić information content (AvgIpc) is 2.31. The summed E-state index contributed by atoms with van der Waals surface area (Å²) in [5.74, 6) is -1.92. The van der Waals surface area contributed by atoms with Crippen LogP contribution in [0.1, 0.15) is 37.6 Å². The second-order valence-electron chi connectivity index (χ2n) is 4.70. The number of hydrogen-bond acceptors (Lipinski definition) is 3. The molecular weight excluding hydrogens is 234 g/mol. The maximum absolute atomic E-state index is 11.9. The van der Waals surface area contributed by atoms with Gasteiger partial charge in [-0.15, -0.1) is 0 Å². The molecule has 0 saturated carbocycles. The fourth-order valence-corrected chi connectivity index (χ4v) is 1.27. The van der Waals surface area contributed by atoms with Crippen LogP contribution in [-0.4, -0.2) is 22.1 Å². The van der Waals surface area contributed by atoms with Crippen molar-refractivity contribution in [2.24, 2.45) is 5.41 Å². The molecule has 0 spiro atoms. The molecule has 0 atom stereocenters. The highest BCUT2D eigenvalue weighted by atomic mass is 16.4. The number of phenols is 1. The van der Waals surface area contributed by atoms with Gasteiger partial charge in [-0.2, -0.15) is 0 Å². The predicted octanol–water partition coefficient (Wildman–Crippen LogP) is 2.47. The molecule has 1 aromatic rings. The van der Waals surface area contributed by atoms with Crippen molar-refractivity contribution >= 4 is 17.6 Å². The van der Waals surface area contributed by atoms with Gasteiger partial charge in [-0.05, 0) is 18.6 Å². The van der Waals surface area contributed by atoms with Gasteiger partial charge >= 0.3 is 5.97 Å². The molecule has 1 rings (SSSR count). The first-order valence-corrected chi connectivity index (χ1v) is 5.66. The monoisotopic (exact) mass is 251 g/mol. The number of benzene rings is 1. The number of anilines is 1. The van der Waals surface area contributed by atoms with Gasteiger partial charge in [-0.3, -0.25) is 4.79 Å². The number of aromatic hydroxyl groups is 1. The molecule has 18 heavy (non-hydrogen) atoms. The van der Waals surface area contributed by atoms with E-state index in [9.17, 15) is 14.7 Å². The lowest BCUT2D eigenvalue weighted by Crippen LogP contribution is -2.30. The Morgan fingerprint density at radius 3 is 2.44 bits per heavy atom. The Morgan fingerprint density at radius 2 is 1.94 bits per heavy atom. The van der Waals surface area contributed by atoms with Gasteiger partial charge < -0.3 is 15.5 Å². The van der Waals surface area contributed by atoms with Gasteiger partial charge in [-0.1, -0.05) is 26.8 Å². The van der Waals surface area contributed by atoms with Gasteiger partial charge in [0.15, 0.2) is 5.75 Å². The standard InChI is InChI=1S/C13H17NO4/c1-4-13(2,3)12(18)14-9-7-5-6-8(10(9)15)11(16)17/h5-7,15H,4H2,1-3H3,(H,14,18)(H,16,17). The summed E-state index contributed by atoms with van der Waals surface area (Å²) in [5, 5.41) is 21.2. The van der Waals surface area contributed by atoms with Crippen molar-refractivity contribution in [3.63, 3.8) is 0 Å². The zero-order valence-corrected chi connectivity index (χ0v) is 10.7. The molecule has 0 radical (unpaired) electrons. The number of carboxylic acids is 1. The van der Waals surface area contributed by atoms with Crippen molar-refractivity contribution in [3.8, 4) is 5.75 Å². The number of carboxylic acid groups (broad SMARTS) is 1. The molecule has 5 heteroatoms. The lowest BCUT2D eigenvalue weighted by molar-refractivity contribution is -0.124. The zero-order chi connectivity index (χ0) is 13.9. The quantitative estimate of drug-likeness (QED) is 0.717. The van der Waals surface area contributed by atoms with Crippen LogP contribution in [0.5, 0.6) is 5.75 Å². The van der Waals surface area contributed by atoms with Crippen LogP contribution < -0.4 is 5.32 Å². The maximum atomic E-state index is 11.9. The van der Waals surface area contributed by atoms with Crippen molar-refractivity contribution in [2.45, 2.75) is 27.2 Å². The van der Waals surface area contributed by atoms with E-state index in [0.29, 0.717) is 6.42 Å². The number of nitrogens with one attached hydrogen (secondary N) is 1. The molecule has 0 saturated heterocycles. The first-order chi connectivity index (χ1) is 8.29. The van der Waals surface area contributed by atoms with Crippen LogP contribution in [-0.2, 0) is 4.79 Å². The Kier molecular flexibility index (Phi) is 3.96. The Labute approximate surface area is 105 Å². The van der Waals surface area contributed by atoms with E-state index in [2.05, 4.69) is 5.32 Å². The molecule has 0 aliphatic rings. The summed E-state index contributed by atoms with van der Waals surface area (Å²) in [6.45, 7) is 5.44. The molecule has 98 valence electrons. The summed E-state index contributed by atoms with van der Waals surface area (Å²) in [4.78, 5) is 22.8. The topological polar surface area (TPSA) is 86.6 Å². The Hall–Kier alpha value is -2.04. The molecule has 1 amide bonds. The second kappa shape index (κ2) is 5.08. The van der Waals surface area contributed by atoms with E-state index >= 15 is 0 Å². The van der Waals surface area contributed by atoms with E-state index in [4.69, 9.17) is 5.11 Å². The van der Waals surface area contributed by atoms with E-state index in [1.807, 2.05) is 6.92 Å². The minimum Gasteiger partial charge on any atom is -0.505 e. The highest BCUT2D eigenvalue weighted by Crippen LogP contribution is 2.30. The molecule has 0 fully saturated rings. The third-order valence-corrected chi connectivity index (χ3v) is 3.01. The van der Waals surface area contributed by atoms with Crippen LogP contribution >= 0.6 is 0 Å². The Morgan fingerprint density at radius 1 is 1.33 bits per heavy atom. The van der Waals surface area contributed by atoms with Crippen molar-refractivity contribution in [2.75, 3.05) is 5.32 Å². The summed E-state index contributed by atoms with van der Waals surface area (Å²) >= 11 is 0. The van der Waals surface area contributed by atoms with Crippen LogP contribution in [0.4, 0.5) is 5.69 Å². The average molecular weight is 251 g/mol. The summed E-state index contributed by atoms with van der Waals surface area (Å²) in [5.41, 5.74) is -0.699. The van der Waals surface area contributed by atoms with E-state index in [1.165, 1.54) is 18.2 Å². The largest absolute Gasteiger partial charge is 0.505 e. The molecule has 1 aromatic carbocycles. The number of hydrogen-bond donors (Lipinski definition) is 3. The lowest BCUT2D eigenvalue weighted by atomic mass is 9.89. The molecule has 0 unspecified atom stereocenters. The van der Waals surface area contributed by atoms with E-state index in [0.717, 1.165) is 0 Å². The third kappa shape index (κ3) is 2.80. The van der Waals surface area contributed by atoms with Crippen molar-refractivity contribution in [1.82, 2.24) is 0 Å². The Balaban J connectivity index is 3.03. The normalized spacial score (nSPS) is 11.1. The van der Waals surface area contributed by atoms with Gasteiger partial charge in [-0.25, -0.2) is 4.79 Å². The molecule has 3 N–H and O–H groups in total. The second-order valence-corrected chi connectivity index (χ2v) is 4.70. The van der Waals surface area contributed by atoms with E-state index < -0.39 is 17.1 Å². The lowest BCUT2D eigenvalue weighted by Gasteiger charge is -2.22.